The molecule has 3 aromatic rings. The van der Waals surface area contributed by atoms with Crippen molar-refractivity contribution in [3.05, 3.63) is 65.9 Å². The van der Waals surface area contributed by atoms with Crippen LogP contribution in [0.1, 0.15) is 22.8 Å². The second kappa shape index (κ2) is 8.39. The first kappa shape index (κ1) is 19.2. The van der Waals surface area contributed by atoms with Gasteiger partial charge in [-0.1, -0.05) is 18.2 Å². The van der Waals surface area contributed by atoms with Crippen molar-refractivity contribution in [1.29, 1.82) is 0 Å². The van der Waals surface area contributed by atoms with Crippen molar-refractivity contribution in [2.45, 2.75) is 19.4 Å². The number of carbonyl (C=O) groups excluding carboxylic acids is 3. The third kappa shape index (κ3) is 4.37. The summed E-state index contributed by atoms with van der Waals surface area (Å²) >= 11 is 0. The summed E-state index contributed by atoms with van der Waals surface area (Å²) in [4.78, 5) is 39.2. The number of para-hydroxylation sites is 1. The van der Waals surface area contributed by atoms with E-state index in [0.29, 0.717) is 17.7 Å². The summed E-state index contributed by atoms with van der Waals surface area (Å²) in [5.74, 6) is -0.809. The number of carbonyl (C=O) groups is 3. The molecule has 0 aliphatic carbocycles. The van der Waals surface area contributed by atoms with Gasteiger partial charge in [-0.25, -0.2) is 0 Å². The molecule has 4 N–H and O–H groups in total. The topological polar surface area (TPSA) is 103 Å². The average Bonchev–Trinajstić information content (AvgIpc) is 3.10. The number of fused-ring (bicyclic) bond motifs is 1. The van der Waals surface area contributed by atoms with E-state index in [1.807, 2.05) is 30.5 Å². The van der Waals surface area contributed by atoms with Crippen LogP contribution in [0.25, 0.3) is 10.9 Å². The second-order valence-electron chi connectivity index (χ2n) is 6.46. The first-order valence-corrected chi connectivity index (χ1v) is 8.93. The Morgan fingerprint density at radius 1 is 1.04 bits per heavy atom. The number of anilines is 1. The Balaban J connectivity index is 1.76. The van der Waals surface area contributed by atoms with Crippen molar-refractivity contribution in [3.8, 4) is 0 Å². The van der Waals surface area contributed by atoms with Crippen LogP contribution >= 0.6 is 0 Å². The molecule has 3 rings (SSSR count). The number of hydrogen-bond donors (Lipinski definition) is 4. The highest BCUT2D eigenvalue weighted by molar-refractivity contribution is 5.99. The van der Waals surface area contributed by atoms with Gasteiger partial charge in [0.1, 0.15) is 6.04 Å². The summed E-state index contributed by atoms with van der Waals surface area (Å²) < 4.78 is 0. The van der Waals surface area contributed by atoms with Gasteiger partial charge in [0.25, 0.3) is 5.91 Å². The Morgan fingerprint density at radius 3 is 2.43 bits per heavy atom. The Morgan fingerprint density at radius 2 is 1.75 bits per heavy atom. The normalized spacial score (nSPS) is 11.6. The van der Waals surface area contributed by atoms with Crippen molar-refractivity contribution in [2.24, 2.45) is 0 Å². The quantitative estimate of drug-likeness (QED) is 0.529. The fourth-order valence-corrected chi connectivity index (χ4v) is 3.05. The van der Waals surface area contributed by atoms with E-state index in [-0.39, 0.29) is 17.7 Å². The van der Waals surface area contributed by atoms with Gasteiger partial charge in [0.2, 0.25) is 11.8 Å². The predicted molar refractivity (Wildman–Crippen MR) is 108 cm³/mol. The first-order chi connectivity index (χ1) is 13.5. The lowest BCUT2D eigenvalue weighted by Gasteiger charge is -2.17. The van der Waals surface area contributed by atoms with Gasteiger partial charge in [0, 0.05) is 48.7 Å². The fourth-order valence-electron chi connectivity index (χ4n) is 3.05. The van der Waals surface area contributed by atoms with Crippen LogP contribution in [-0.4, -0.2) is 35.8 Å². The van der Waals surface area contributed by atoms with Crippen molar-refractivity contribution >= 4 is 34.3 Å². The maximum atomic E-state index is 12.8. The Bertz CT molecular complexity index is 1010. The van der Waals surface area contributed by atoms with Crippen molar-refractivity contribution in [2.75, 3.05) is 12.4 Å². The number of aromatic nitrogens is 1. The molecule has 1 aromatic heterocycles. The molecule has 144 valence electrons. The summed E-state index contributed by atoms with van der Waals surface area (Å²) in [6, 6.07) is 13.6. The van der Waals surface area contributed by atoms with E-state index in [9.17, 15) is 14.4 Å². The van der Waals surface area contributed by atoms with Crippen LogP contribution in [0.3, 0.4) is 0 Å². The third-order valence-electron chi connectivity index (χ3n) is 4.43. The number of benzene rings is 2. The van der Waals surface area contributed by atoms with Gasteiger partial charge in [-0.15, -0.1) is 0 Å². The maximum Gasteiger partial charge on any atom is 0.251 e. The van der Waals surface area contributed by atoms with Crippen LogP contribution in [0.4, 0.5) is 5.69 Å². The third-order valence-corrected chi connectivity index (χ3v) is 4.43. The van der Waals surface area contributed by atoms with Crippen LogP contribution in [0.5, 0.6) is 0 Å². The molecule has 0 aliphatic rings. The zero-order valence-corrected chi connectivity index (χ0v) is 15.7. The molecule has 2 aromatic carbocycles. The minimum atomic E-state index is -0.727. The molecule has 0 saturated heterocycles. The SMILES string of the molecule is CNC(=O)c1ccc(NC(=O)C(Cc2c[nH]c3ccccc23)NC(C)=O)cc1. The van der Waals surface area contributed by atoms with Gasteiger partial charge in [-0.3, -0.25) is 14.4 Å². The lowest BCUT2D eigenvalue weighted by molar-refractivity contribution is -0.125. The summed E-state index contributed by atoms with van der Waals surface area (Å²) in [6.45, 7) is 1.38. The molecule has 1 atom stereocenters. The summed E-state index contributed by atoms with van der Waals surface area (Å²) in [5, 5.41) is 9.07. The van der Waals surface area contributed by atoms with E-state index in [1.165, 1.54) is 6.92 Å². The lowest BCUT2D eigenvalue weighted by atomic mass is 10.0. The molecule has 0 spiro atoms. The monoisotopic (exact) mass is 378 g/mol. The van der Waals surface area contributed by atoms with Gasteiger partial charge in [0.15, 0.2) is 0 Å². The van der Waals surface area contributed by atoms with Crippen molar-refractivity contribution in [3.63, 3.8) is 0 Å². The minimum Gasteiger partial charge on any atom is -0.361 e. The number of H-pyrrole nitrogens is 1. The largest absolute Gasteiger partial charge is 0.361 e. The molecule has 1 heterocycles. The molecule has 0 radical (unpaired) electrons. The molecule has 1 unspecified atom stereocenters. The molecular weight excluding hydrogens is 356 g/mol. The lowest BCUT2D eigenvalue weighted by Crippen LogP contribution is -2.44. The van der Waals surface area contributed by atoms with Crippen LogP contribution in [0.15, 0.2) is 54.7 Å². The smallest absolute Gasteiger partial charge is 0.251 e. The summed E-state index contributed by atoms with van der Waals surface area (Å²) in [5.41, 5.74) is 2.97. The molecule has 28 heavy (non-hydrogen) atoms. The van der Waals surface area contributed by atoms with E-state index in [4.69, 9.17) is 0 Å². The zero-order chi connectivity index (χ0) is 20.1. The van der Waals surface area contributed by atoms with Gasteiger partial charge >= 0.3 is 0 Å². The number of hydrogen-bond acceptors (Lipinski definition) is 3. The van der Waals surface area contributed by atoms with Crippen LogP contribution in [0.2, 0.25) is 0 Å². The van der Waals surface area contributed by atoms with E-state index in [1.54, 1.807) is 31.3 Å². The van der Waals surface area contributed by atoms with Crippen LogP contribution in [-0.2, 0) is 16.0 Å². The number of rotatable bonds is 6. The predicted octanol–water partition coefficient (Wildman–Crippen LogP) is 2.21. The highest BCUT2D eigenvalue weighted by Crippen LogP contribution is 2.20. The van der Waals surface area contributed by atoms with E-state index < -0.39 is 6.04 Å². The van der Waals surface area contributed by atoms with Gasteiger partial charge < -0.3 is 20.9 Å². The number of amides is 3. The maximum absolute atomic E-state index is 12.8. The Kier molecular flexibility index (Phi) is 5.74. The number of nitrogens with one attached hydrogen (secondary N) is 4. The molecule has 3 amide bonds. The van der Waals surface area contributed by atoms with Gasteiger partial charge in [-0.2, -0.15) is 0 Å². The summed E-state index contributed by atoms with van der Waals surface area (Å²) in [7, 11) is 1.56. The van der Waals surface area contributed by atoms with Crippen LogP contribution in [0, 0.1) is 0 Å². The molecule has 0 bridgehead atoms. The van der Waals surface area contributed by atoms with Gasteiger partial charge in [-0.05, 0) is 35.9 Å². The highest BCUT2D eigenvalue weighted by Gasteiger charge is 2.21. The van der Waals surface area contributed by atoms with Crippen LogP contribution < -0.4 is 16.0 Å². The number of aromatic amines is 1. The molecule has 0 aliphatic heterocycles. The Hall–Kier alpha value is -3.61. The first-order valence-electron chi connectivity index (χ1n) is 8.93. The molecule has 0 saturated carbocycles. The zero-order valence-electron chi connectivity index (χ0n) is 15.7. The molecular formula is C21H22N4O3. The van der Waals surface area contributed by atoms with Crippen molar-refractivity contribution < 1.29 is 14.4 Å². The van der Waals surface area contributed by atoms with E-state index in [0.717, 1.165) is 16.5 Å². The fraction of sp³-hybridized carbons (Fsp3) is 0.190. The van der Waals surface area contributed by atoms with Crippen molar-refractivity contribution in [1.82, 2.24) is 15.6 Å². The molecule has 0 fully saturated rings. The molecule has 7 heteroatoms. The highest BCUT2D eigenvalue weighted by atomic mass is 16.2. The standard InChI is InChI=1S/C21H22N4O3/c1-13(26)24-19(11-15-12-23-18-6-4-3-5-17(15)18)21(28)25-16-9-7-14(8-10-16)20(27)22-2/h3-10,12,19,23H,11H2,1-2H3,(H,22,27)(H,24,26)(H,25,28). The molecule has 7 nitrogen and oxygen atoms in total. The summed E-state index contributed by atoms with van der Waals surface area (Å²) in [6.07, 6.45) is 2.21. The minimum absolute atomic E-state index is 0.201. The Labute approximate surface area is 162 Å². The second-order valence-corrected chi connectivity index (χ2v) is 6.46. The average molecular weight is 378 g/mol. The van der Waals surface area contributed by atoms with E-state index in [2.05, 4.69) is 20.9 Å². The van der Waals surface area contributed by atoms with Gasteiger partial charge in [0.05, 0.1) is 0 Å². The van der Waals surface area contributed by atoms with E-state index >= 15 is 0 Å².